The van der Waals surface area contributed by atoms with Crippen LogP contribution in [-0.2, 0) is 11.2 Å². The summed E-state index contributed by atoms with van der Waals surface area (Å²) in [4.78, 5) is 42.8. The molecule has 8 heteroatoms. The quantitative estimate of drug-likeness (QED) is 0.336. The molecule has 0 aliphatic rings. The Labute approximate surface area is 177 Å². The lowest BCUT2D eigenvalue weighted by Gasteiger charge is -2.15. The van der Waals surface area contributed by atoms with Crippen molar-refractivity contribution in [2.45, 2.75) is 38.4 Å². The van der Waals surface area contributed by atoms with Gasteiger partial charge in [-0.15, -0.1) is 11.3 Å². The predicted molar refractivity (Wildman–Crippen MR) is 118 cm³/mol. The minimum atomic E-state index is -0.0862. The number of nitrogens with one attached hydrogen (secondary N) is 1. The van der Waals surface area contributed by atoms with Gasteiger partial charge in [0, 0.05) is 24.4 Å². The number of ketones is 1. The Morgan fingerprint density at radius 2 is 1.97 bits per heavy atom. The Kier molecular flexibility index (Phi) is 6.87. The standard InChI is InChI=1S/C21H23N3O3S2/c1-13(2)24-20(27)16-6-4-5-7-17(16)23-21(24)28-12-18(26)19-9-8-15(29-19)10-11-22-14(3)25/h4-9,13H,10-12H2,1-3H3,(H,22,25). The second kappa shape index (κ2) is 9.37. The maximum absolute atomic E-state index is 12.9. The Morgan fingerprint density at radius 3 is 2.69 bits per heavy atom. The summed E-state index contributed by atoms with van der Waals surface area (Å²) in [5.74, 6) is 0.153. The molecule has 0 radical (unpaired) electrons. The predicted octanol–water partition coefficient (Wildman–Crippen LogP) is 3.69. The number of aromatic nitrogens is 2. The molecular formula is C21H23N3O3S2. The highest BCUT2D eigenvalue weighted by Gasteiger charge is 2.16. The molecule has 3 aromatic rings. The van der Waals surface area contributed by atoms with Crippen LogP contribution in [-0.4, -0.2) is 33.5 Å². The number of hydrogen-bond acceptors (Lipinski definition) is 6. The first-order valence-corrected chi connectivity index (χ1v) is 11.2. The molecule has 0 saturated heterocycles. The van der Waals surface area contributed by atoms with E-state index in [0.717, 1.165) is 4.88 Å². The van der Waals surface area contributed by atoms with Crippen LogP contribution in [0.3, 0.4) is 0 Å². The average Bonchev–Trinajstić information content (AvgIpc) is 3.14. The summed E-state index contributed by atoms with van der Waals surface area (Å²) in [7, 11) is 0. The van der Waals surface area contributed by atoms with Crippen LogP contribution < -0.4 is 10.9 Å². The first-order chi connectivity index (χ1) is 13.9. The number of Topliss-reactive ketones (excluding diaryl/α,β-unsaturated/α-hetero) is 1. The number of benzene rings is 1. The SMILES string of the molecule is CC(=O)NCCc1ccc(C(=O)CSc2nc3ccccc3c(=O)n2C(C)C)s1. The fourth-order valence-corrected chi connectivity index (χ4v) is 4.96. The second-order valence-electron chi connectivity index (χ2n) is 6.89. The number of rotatable bonds is 8. The second-order valence-corrected chi connectivity index (χ2v) is 9.00. The number of carbonyl (C=O) groups is 2. The van der Waals surface area contributed by atoms with Crippen LogP contribution in [0, 0.1) is 0 Å². The highest BCUT2D eigenvalue weighted by atomic mass is 32.2. The van der Waals surface area contributed by atoms with Crippen molar-refractivity contribution in [1.82, 2.24) is 14.9 Å². The molecule has 29 heavy (non-hydrogen) atoms. The van der Waals surface area contributed by atoms with E-state index in [-0.39, 0.29) is 29.0 Å². The number of thiophene rings is 1. The number of carbonyl (C=O) groups excluding carboxylic acids is 2. The summed E-state index contributed by atoms with van der Waals surface area (Å²) in [6, 6.07) is 10.9. The van der Waals surface area contributed by atoms with E-state index in [1.807, 2.05) is 44.2 Å². The Hall–Kier alpha value is -2.45. The Balaban J connectivity index is 1.74. The lowest BCUT2D eigenvalue weighted by atomic mass is 10.2. The van der Waals surface area contributed by atoms with Crippen molar-refractivity contribution in [2.24, 2.45) is 0 Å². The van der Waals surface area contributed by atoms with Gasteiger partial charge in [-0.05, 0) is 44.5 Å². The number of thioether (sulfide) groups is 1. The van der Waals surface area contributed by atoms with Crippen LogP contribution in [0.15, 0.2) is 46.3 Å². The molecule has 0 atom stereocenters. The van der Waals surface area contributed by atoms with Crippen molar-refractivity contribution < 1.29 is 9.59 Å². The van der Waals surface area contributed by atoms with E-state index in [9.17, 15) is 14.4 Å². The Morgan fingerprint density at radius 1 is 1.21 bits per heavy atom. The molecule has 1 aromatic carbocycles. The van der Waals surface area contributed by atoms with E-state index in [4.69, 9.17) is 0 Å². The fraction of sp³-hybridized carbons (Fsp3) is 0.333. The van der Waals surface area contributed by atoms with Gasteiger partial charge >= 0.3 is 0 Å². The minimum Gasteiger partial charge on any atom is -0.356 e. The van der Waals surface area contributed by atoms with Gasteiger partial charge in [0.25, 0.3) is 5.56 Å². The summed E-state index contributed by atoms with van der Waals surface area (Å²) in [6.07, 6.45) is 0.698. The van der Waals surface area contributed by atoms with Gasteiger partial charge < -0.3 is 5.32 Å². The summed E-state index contributed by atoms with van der Waals surface area (Å²) >= 11 is 2.73. The van der Waals surface area contributed by atoms with Gasteiger partial charge in [-0.3, -0.25) is 19.0 Å². The smallest absolute Gasteiger partial charge is 0.262 e. The molecule has 6 nitrogen and oxygen atoms in total. The third kappa shape index (κ3) is 5.13. The number of para-hydroxylation sites is 1. The van der Waals surface area contributed by atoms with Crippen LogP contribution in [0.1, 0.15) is 41.4 Å². The van der Waals surface area contributed by atoms with Crippen LogP contribution >= 0.6 is 23.1 Å². The van der Waals surface area contributed by atoms with Crippen molar-refractivity contribution in [1.29, 1.82) is 0 Å². The molecule has 1 N–H and O–H groups in total. The molecule has 0 aliphatic carbocycles. The van der Waals surface area contributed by atoms with Gasteiger partial charge in [-0.25, -0.2) is 4.98 Å². The van der Waals surface area contributed by atoms with E-state index in [2.05, 4.69) is 10.3 Å². The molecular weight excluding hydrogens is 406 g/mol. The molecule has 2 aromatic heterocycles. The van der Waals surface area contributed by atoms with Crippen LogP contribution in [0.4, 0.5) is 0 Å². The van der Waals surface area contributed by atoms with Crippen molar-refractivity contribution in [3.05, 3.63) is 56.5 Å². The third-order valence-corrected chi connectivity index (χ3v) is 6.44. The van der Waals surface area contributed by atoms with Gasteiger partial charge in [0.15, 0.2) is 10.9 Å². The molecule has 0 saturated carbocycles. The monoisotopic (exact) mass is 429 g/mol. The van der Waals surface area contributed by atoms with E-state index in [1.165, 1.54) is 30.0 Å². The molecule has 0 unspecified atom stereocenters. The molecule has 3 rings (SSSR count). The minimum absolute atomic E-state index is 0.00323. The lowest BCUT2D eigenvalue weighted by Crippen LogP contribution is -2.25. The van der Waals surface area contributed by atoms with Crippen LogP contribution in [0.5, 0.6) is 0 Å². The van der Waals surface area contributed by atoms with Crippen LogP contribution in [0.2, 0.25) is 0 Å². The first kappa shape index (κ1) is 21.3. The van der Waals surface area contributed by atoms with Crippen molar-refractivity contribution >= 4 is 45.7 Å². The normalized spacial score (nSPS) is 11.2. The first-order valence-electron chi connectivity index (χ1n) is 9.37. The summed E-state index contributed by atoms with van der Waals surface area (Å²) in [5, 5.41) is 3.89. The third-order valence-electron chi connectivity index (χ3n) is 4.31. The van der Waals surface area contributed by atoms with Gasteiger partial charge in [0.1, 0.15) is 0 Å². The van der Waals surface area contributed by atoms with E-state index < -0.39 is 0 Å². The van der Waals surface area contributed by atoms with Crippen molar-refractivity contribution in [3.63, 3.8) is 0 Å². The molecule has 2 heterocycles. The summed E-state index contributed by atoms with van der Waals surface area (Å²) in [6.45, 7) is 5.91. The zero-order valence-electron chi connectivity index (χ0n) is 16.6. The van der Waals surface area contributed by atoms with E-state index in [1.54, 1.807) is 10.6 Å². The number of fused-ring (bicyclic) bond motifs is 1. The van der Waals surface area contributed by atoms with Gasteiger partial charge in [0.05, 0.1) is 21.5 Å². The average molecular weight is 430 g/mol. The summed E-state index contributed by atoms with van der Waals surface area (Å²) < 4.78 is 1.65. The lowest BCUT2D eigenvalue weighted by molar-refractivity contribution is -0.118. The van der Waals surface area contributed by atoms with Gasteiger partial charge in [-0.1, -0.05) is 23.9 Å². The van der Waals surface area contributed by atoms with E-state index >= 15 is 0 Å². The zero-order chi connectivity index (χ0) is 21.0. The van der Waals surface area contributed by atoms with Crippen molar-refractivity contribution in [3.8, 4) is 0 Å². The van der Waals surface area contributed by atoms with Gasteiger partial charge in [0.2, 0.25) is 5.91 Å². The van der Waals surface area contributed by atoms with Crippen molar-refractivity contribution in [2.75, 3.05) is 12.3 Å². The molecule has 152 valence electrons. The molecule has 0 bridgehead atoms. The van der Waals surface area contributed by atoms with E-state index in [0.29, 0.717) is 33.9 Å². The highest BCUT2D eigenvalue weighted by Crippen LogP contribution is 2.24. The van der Waals surface area contributed by atoms with Gasteiger partial charge in [-0.2, -0.15) is 0 Å². The molecule has 0 fully saturated rings. The number of hydrogen-bond donors (Lipinski definition) is 1. The van der Waals surface area contributed by atoms with Crippen LogP contribution in [0.25, 0.3) is 10.9 Å². The number of nitrogens with zero attached hydrogens (tertiary/aromatic N) is 2. The largest absolute Gasteiger partial charge is 0.356 e. The molecule has 1 amide bonds. The number of amides is 1. The topological polar surface area (TPSA) is 81.1 Å². The zero-order valence-corrected chi connectivity index (χ0v) is 18.2. The highest BCUT2D eigenvalue weighted by molar-refractivity contribution is 7.99. The molecule has 0 aliphatic heterocycles. The maximum Gasteiger partial charge on any atom is 0.262 e. The maximum atomic E-state index is 12.9. The fourth-order valence-electron chi connectivity index (χ4n) is 2.91. The summed E-state index contributed by atoms with van der Waals surface area (Å²) in [5.41, 5.74) is 0.553. The molecule has 0 spiro atoms. The Bertz CT molecular complexity index is 1100.